The van der Waals surface area contributed by atoms with Crippen LogP contribution in [0, 0.1) is 5.92 Å². The molecule has 98 valence electrons. The standard InChI is InChI=1S/C15H28N2/c16-17-15(14-10-6-3-7-11-14)12-13-8-4-1-2-5-9-13/h10,13,15,17H,1-9,11-12,16H2. The zero-order valence-electron chi connectivity index (χ0n) is 11.1. The average molecular weight is 236 g/mol. The van der Waals surface area contributed by atoms with Crippen molar-refractivity contribution in [2.45, 2.75) is 76.7 Å². The maximum atomic E-state index is 5.77. The Morgan fingerprint density at radius 3 is 2.47 bits per heavy atom. The van der Waals surface area contributed by atoms with E-state index in [1.807, 2.05) is 0 Å². The van der Waals surface area contributed by atoms with Crippen molar-refractivity contribution in [3.8, 4) is 0 Å². The summed E-state index contributed by atoms with van der Waals surface area (Å²) in [6, 6.07) is 0.457. The lowest BCUT2D eigenvalue weighted by Gasteiger charge is -2.26. The van der Waals surface area contributed by atoms with E-state index in [2.05, 4.69) is 11.5 Å². The summed E-state index contributed by atoms with van der Waals surface area (Å²) in [5, 5.41) is 0. The van der Waals surface area contributed by atoms with Crippen molar-refractivity contribution in [2.75, 3.05) is 0 Å². The third-order valence-electron chi connectivity index (χ3n) is 4.52. The van der Waals surface area contributed by atoms with Crippen LogP contribution in [0.3, 0.4) is 0 Å². The predicted molar refractivity (Wildman–Crippen MR) is 73.5 cm³/mol. The molecule has 0 spiro atoms. The van der Waals surface area contributed by atoms with Gasteiger partial charge in [0.15, 0.2) is 0 Å². The molecular formula is C15H28N2. The second kappa shape index (κ2) is 7.17. The van der Waals surface area contributed by atoms with Crippen molar-refractivity contribution < 1.29 is 0 Å². The van der Waals surface area contributed by atoms with Crippen molar-refractivity contribution in [3.05, 3.63) is 11.6 Å². The number of hydrogen-bond acceptors (Lipinski definition) is 2. The van der Waals surface area contributed by atoms with Crippen molar-refractivity contribution >= 4 is 0 Å². The molecule has 0 aromatic heterocycles. The predicted octanol–water partition coefficient (Wildman–Crippen LogP) is 3.68. The van der Waals surface area contributed by atoms with E-state index < -0.39 is 0 Å². The molecule has 1 fully saturated rings. The normalized spacial score (nSPS) is 25.1. The Kier molecular flexibility index (Phi) is 5.53. The Morgan fingerprint density at radius 2 is 1.88 bits per heavy atom. The van der Waals surface area contributed by atoms with Gasteiger partial charge in [-0.25, -0.2) is 0 Å². The minimum Gasteiger partial charge on any atom is -0.271 e. The van der Waals surface area contributed by atoms with Crippen LogP contribution in [0.5, 0.6) is 0 Å². The van der Waals surface area contributed by atoms with Gasteiger partial charge in [0.1, 0.15) is 0 Å². The van der Waals surface area contributed by atoms with Gasteiger partial charge in [-0.1, -0.05) is 50.2 Å². The molecule has 0 saturated heterocycles. The lowest BCUT2D eigenvalue weighted by molar-refractivity contribution is 0.369. The summed E-state index contributed by atoms with van der Waals surface area (Å²) in [5.41, 5.74) is 4.66. The smallest absolute Gasteiger partial charge is 0.0422 e. The number of rotatable bonds is 4. The highest BCUT2D eigenvalue weighted by Gasteiger charge is 2.20. The van der Waals surface area contributed by atoms with Crippen molar-refractivity contribution in [2.24, 2.45) is 11.8 Å². The van der Waals surface area contributed by atoms with Crippen LogP contribution in [0.4, 0.5) is 0 Å². The molecule has 2 rings (SSSR count). The quantitative estimate of drug-likeness (QED) is 0.338. The summed E-state index contributed by atoms with van der Waals surface area (Å²) >= 11 is 0. The monoisotopic (exact) mass is 236 g/mol. The first kappa shape index (κ1) is 13.1. The molecule has 2 heteroatoms. The van der Waals surface area contributed by atoms with Crippen molar-refractivity contribution in [3.63, 3.8) is 0 Å². The van der Waals surface area contributed by atoms with Crippen molar-refractivity contribution in [1.29, 1.82) is 0 Å². The van der Waals surface area contributed by atoms with E-state index >= 15 is 0 Å². The van der Waals surface area contributed by atoms with Gasteiger partial charge >= 0.3 is 0 Å². The molecule has 2 nitrogen and oxygen atoms in total. The zero-order chi connectivity index (χ0) is 11.9. The average Bonchev–Trinajstić information content (AvgIpc) is 2.65. The molecule has 0 heterocycles. The molecule has 0 aromatic carbocycles. The van der Waals surface area contributed by atoms with Gasteiger partial charge in [-0.2, -0.15) is 0 Å². The summed E-state index contributed by atoms with van der Waals surface area (Å²) in [6.07, 6.45) is 17.5. The molecule has 0 radical (unpaired) electrons. The van der Waals surface area contributed by atoms with Gasteiger partial charge in [-0.3, -0.25) is 11.3 Å². The maximum absolute atomic E-state index is 5.77. The molecule has 0 aromatic rings. The molecule has 1 unspecified atom stereocenters. The van der Waals surface area contributed by atoms with Crippen LogP contribution in [-0.2, 0) is 0 Å². The first-order valence-corrected chi connectivity index (χ1v) is 7.55. The molecule has 0 amide bonds. The van der Waals surface area contributed by atoms with Crippen LogP contribution in [0.15, 0.2) is 11.6 Å². The zero-order valence-corrected chi connectivity index (χ0v) is 11.1. The lowest BCUT2D eigenvalue weighted by atomic mass is 9.86. The third kappa shape index (κ3) is 4.11. The maximum Gasteiger partial charge on any atom is 0.0422 e. The Morgan fingerprint density at radius 1 is 1.12 bits per heavy atom. The first-order valence-electron chi connectivity index (χ1n) is 7.55. The molecule has 0 aliphatic heterocycles. The molecule has 0 bridgehead atoms. The summed E-state index contributed by atoms with van der Waals surface area (Å²) in [4.78, 5) is 0. The molecule has 3 N–H and O–H groups in total. The van der Waals surface area contributed by atoms with Gasteiger partial charge in [0.2, 0.25) is 0 Å². The van der Waals surface area contributed by atoms with E-state index in [-0.39, 0.29) is 0 Å². The fraction of sp³-hybridized carbons (Fsp3) is 0.867. The van der Waals surface area contributed by atoms with E-state index in [0.717, 1.165) is 5.92 Å². The first-order chi connectivity index (χ1) is 8.40. The van der Waals surface area contributed by atoms with Gasteiger partial charge < -0.3 is 0 Å². The number of allylic oxidation sites excluding steroid dienone is 1. The lowest BCUT2D eigenvalue weighted by Crippen LogP contribution is -2.38. The fourth-order valence-electron chi connectivity index (χ4n) is 3.44. The Labute approximate surface area is 106 Å². The van der Waals surface area contributed by atoms with Crippen LogP contribution in [0.2, 0.25) is 0 Å². The second-order valence-corrected chi connectivity index (χ2v) is 5.84. The van der Waals surface area contributed by atoms with E-state index in [1.54, 1.807) is 5.57 Å². The summed E-state index contributed by atoms with van der Waals surface area (Å²) < 4.78 is 0. The minimum absolute atomic E-state index is 0.457. The van der Waals surface area contributed by atoms with E-state index in [9.17, 15) is 0 Å². The van der Waals surface area contributed by atoms with Crippen LogP contribution in [-0.4, -0.2) is 6.04 Å². The summed E-state index contributed by atoms with van der Waals surface area (Å²) in [5.74, 6) is 6.67. The van der Waals surface area contributed by atoms with Crippen LogP contribution < -0.4 is 11.3 Å². The van der Waals surface area contributed by atoms with Crippen LogP contribution in [0.1, 0.15) is 70.6 Å². The Balaban J connectivity index is 1.86. The highest BCUT2D eigenvalue weighted by Crippen LogP contribution is 2.30. The van der Waals surface area contributed by atoms with Gasteiger partial charge in [0, 0.05) is 6.04 Å². The molecular weight excluding hydrogens is 208 g/mol. The Bertz CT molecular complexity index is 239. The fourth-order valence-corrected chi connectivity index (χ4v) is 3.44. The van der Waals surface area contributed by atoms with Gasteiger partial charge in [0.25, 0.3) is 0 Å². The molecule has 17 heavy (non-hydrogen) atoms. The largest absolute Gasteiger partial charge is 0.271 e. The SMILES string of the molecule is NNC(CC1CCCCCC1)C1=CCCCC1. The minimum atomic E-state index is 0.457. The molecule has 1 atom stereocenters. The number of nitrogens with one attached hydrogen (secondary N) is 1. The number of hydrogen-bond donors (Lipinski definition) is 2. The van der Waals surface area contributed by atoms with E-state index in [1.165, 1.54) is 70.6 Å². The molecule has 2 aliphatic carbocycles. The summed E-state index contributed by atoms with van der Waals surface area (Å²) in [6.45, 7) is 0. The molecule has 2 aliphatic rings. The van der Waals surface area contributed by atoms with Gasteiger partial charge in [-0.15, -0.1) is 0 Å². The Hall–Kier alpha value is -0.340. The van der Waals surface area contributed by atoms with E-state index in [0.29, 0.717) is 6.04 Å². The number of hydrazine groups is 1. The summed E-state index contributed by atoms with van der Waals surface area (Å²) in [7, 11) is 0. The van der Waals surface area contributed by atoms with Crippen molar-refractivity contribution in [1.82, 2.24) is 5.43 Å². The van der Waals surface area contributed by atoms with Crippen LogP contribution in [0.25, 0.3) is 0 Å². The van der Waals surface area contributed by atoms with Crippen LogP contribution >= 0.6 is 0 Å². The van der Waals surface area contributed by atoms with Gasteiger partial charge in [0.05, 0.1) is 0 Å². The second-order valence-electron chi connectivity index (χ2n) is 5.84. The highest BCUT2D eigenvalue weighted by molar-refractivity contribution is 5.13. The van der Waals surface area contributed by atoms with Gasteiger partial charge in [-0.05, 0) is 38.0 Å². The topological polar surface area (TPSA) is 38.0 Å². The highest BCUT2D eigenvalue weighted by atomic mass is 15.2. The molecule has 1 saturated carbocycles. The third-order valence-corrected chi connectivity index (χ3v) is 4.52. The number of nitrogens with two attached hydrogens (primary N) is 1. The van der Waals surface area contributed by atoms with E-state index in [4.69, 9.17) is 5.84 Å².